The molecule has 3 aromatic carbocycles. The van der Waals surface area contributed by atoms with Crippen LogP contribution in [0.15, 0.2) is 117 Å². The molecule has 0 radical (unpaired) electrons. The normalized spacial score (nSPS) is 26.8. The second-order valence-electron chi connectivity index (χ2n) is 17.2. The van der Waals surface area contributed by atoms with Crippen molar-refractivity contribution >= 4 is 22.8 Å². The molecule has 2 bridgehead atoms. The van der Waals surface area contributed by atoms with E-state index in [-0.39, 0.29) is 48.0 Å². The number of benzene rings is 3. The first-order valence-electron chi connectivity index (χ1n) is 21.7. The summed E-state index contributed by atoms with van der Waals surface area (Å²) in [7, 11) is 0. The van der Waals surface area contributed by atoms with Crippen LogP contribution in [-0.2, 0) is 9.53 Å². The van der Waals surface area contributed by atoms with Crippen LogP contribution in [0.2, 0.25) is 0 Å². The minimum atomic E-state index is -2.75. The summed E-state index contributed by atoms with van der Waals surface area (Å²) in [4.78, 5) is 29.9. The highest BCUT2D eigenvalue weighted by atomic mass is 16.7. The van der Waals surface area contributed by atoms with Gasteiger partial charge in [0.25, 0.3) is 0 Å². The predicted molar refractivity (Wildman–Crippen MR) is 242 cm³/mol. The topological polar surface area (TPSA) is 370 Å². The summed E-state index contributed by atoms with van der Waals surface area (Å²) in [6, 6.07) is 15.8. The molecule has 22 heteroatoms. The summed E-state index contributed by atoms with van der Waals surface area (Å²) in [5, 5.41) is 111. The van der Waals surface area contributed by atoms with E-state index in [2.05, 4.69) is 20.9 Å². The van der Waals surface area contributed by atoms with Crippen LogP contribution in [0.1, 0.15) is 30.1 Å². The first-order valence-corrected chi connectivity index (χ1v) is 21.7. The quantitative estimate of drug-likeness (QED) is 0.0490. The molecular formula is C47H50N6O16. The van der Waals surface area contributed by atoms with E-state index in [1.807, 2.05) is 6.08 Å². The number of ether oxygens (including phenoxy) is 4. The number of aromatic hydroxyl groups is 2. The number of carboxylic acid groups (broad SMARTS) is 1. The Morgan fingerprint density at radius 2 is 1.78 bits per heavy atom. The molecule has 4 aliphatic rings. The highest BCUT2D eigenvalue weighted by Gasteiger charge is 2.71. The van der Waals surface area contributed by atoms with Gasteiger partial charge in [-0.25, -0.2) is 4.79 Å². The van der Waals surface area contributed by atoms with E-state index >= 15 is 0 Å². The number of dihydropyridines is 1. The molecule has 0 spiro atoms. The fourth-order valence-corrected chi connectivity index (χ4v) is 9.43. The predicted octanol–water partition coefficient (Wildman–Crippen LogP) is 0.131. The molecular weight excluding hydrogens is 905 g/mol. The van der Waals surface area contributed by atoms with Gasteiger partial charge in [-0.2, -0.15) is 0 Å². The number of carbonyl (C=O) groups is 1. The van der Waals surface area contributed by atoms with Crippen molar-refractivity contribution in [3.05, 3.63) is 129 Å². The van der Waals surface area contributed by atoms with Gasteiger partial charge < -0.3 is 96.4 Å². The summed E-state index contributed by atoms with van der Waals surface area (Å²) in [5.74, 6) is -4.65. The average molecular weight is 955 g/mol. The molecule has 5 heterocycles. The van der Waals surface area contributed by atoms with E-state index in [4.69, 9.17) is 34.8 Å². The molecule has 17 N–H and O–H groups in total. The van der Waals surface area contributed by atoms with Gasteiger partial charge in [0.2, 0.25) is 18.3 Å². The lowest BCUT2D eigenvalue weighted by Gasteiger charge is -2.58. The van der Waals surface area contributed by atoms with E-state index in [1.54, 1.807) is 18.2 Å². The van der Waals surface area contributed by atoms with Crippen LogP contribution in [-0.4, -0.2) is 125 Å². The van der Waals surface area contributed by atoms with Gasteiger partial charge in [0.1, 0.15) is 51.9 Å². The third-order valence-corrected chi connectivity index (χ3v) is 12.7. The lowest BCUT2D eigenvalue weighted by molar-refractivity contribution is -0.344. The van der Waals surface area contributed by atoms with Crippen LogP contribution in [0.3, 0.4) is 0 Å². The van der Waals surface area contributed by atoms with Gasteiger partial charge in [0.15, 0.2) is 34.7 Å². The smallest absolute Gasteiger partial charge is 0.336 e. The number of phenolic OH excluding ortho intramolecular Hbond substituents is 2. The maximum Gasteiger partial charge on any atom is 0.336 e. The van der Waals surface area contributed by atoms with Gasteiger partial charge in [-0.3, -0.25) is 10.1 Å². The maximum absolute atomic E-state index is 13.9. The number of hydrogen-bond acceptors (Lipinski definition) is 20. The number of aliphatic carboxylic acids is 1. The molecule has 9 rings (SSSR count). The third kappa shape index (κ3) is 8.69. The zero-order chi connectivity index (χ0) is 48.9. The number of phenols is 2. The molecule has 364 valence electrons. The van der Waals surface area contributed by atoms with Gasteiger partial charge in [-0.05, 0) is 72.7 Å². The van der Waals surface area contributed by atoms with Crippen molar-refractivity contribution in [2.45, 2.75) is 60.7 Å². The highest BCUT2D eigenvalue weighted by Crippen LogP contribution is 2.53. The molecule has 2 fully saturated rings. The molecule has 69 heavy (non-hydrogen) atoms. The lowest BCUT2D eigenvalue weighted by atomic mass is 9.59. The highest BCUT2D eigenvalue weighted by molar-refractivity contribution is 5.89. The summed E-state index contributed by atoms with van der Waals surface area (Å²) in [6.45, 7) is 0.313. The molecule has 10 atom stereocenters. The second kappa shape index (κ2) is 18.4. The molecule has 5 aromatic rings. The number of H-pyrrole nitrogens is 1. The first-order chi connectivity index (χ1) is 33.0. The Hall–Kier alpha value is -7.12. The van der Waals surface area contributed by atoms with Crippen molar-refractivity contribution in [1.29, 1.82) is 0 Å². The third-order valence-electron chi connectivity index (χ3n) is 12.7. The second-order valence-corrected chi connectivity index (χ2v) is 17.2. The number of anilines is 1. The number of nitrogen functional groups attached to an aromatic ring is 1. The molecule has 2 aromatic heterocycles. The van der Waals surface area contributed by atoms with E-state index in [1.165, 1.54) is 48.5 Å². The van der Waals surface area contributed by atoms with Gasteiger partial charge in [0, 0.05) is 60.7 Å². The first kappa shape index (κ1) is 47.0. The largest absolute Gasteiger partial charge is 0.508 e. The van der Waals surface area contributed by atoms with Gasteiger partial charge in [-0.15, -0.1) is 0 Å². The van der Waals surface area contributed by atoms with Crippen LogP contribution in [0.4, 0.5) is 5.82 Å². The number of allylic oxidation sites excluding steroid dienone is 2. The minimum absolute atomic E-state index is 0.0224. The summed E-state index contributed by atoms with van der Waals surface area (Å²) in [6.07, 6.45) is -6.43. The Balaban J connectivity index is 1.12. The van der Waals surface area contributed by atoms with Crippen molar-refractivity contribution in [2.24, 2.45) is 11.7 Å². The Morgan fingerprint density at radius 1 is 1.00 bits per heavy atom. The molecule has 22 nitrogen and oxygen atoms in total. The SMILES string of the molecule is NC1=CC(CC2=C[C@]3(O)[C@H](Oc4cc5oc(-c6ccc(O[C@@H](CO)[C@H](O)c7ccc(N)[nH]7)cc6)cc(=O)c5c(O)c4O[C@H](O)c4cccc(O)c4)O[C@H](C(=O)O)[C@](O)([C@H]2[C@@H]2CNCN2)[C@H]3O)=CCN1. The fourth-order valence-electron chi connectivity index (χ4n) is 9.43. The summed E-state index contributed by atoms with van der Waals surface area (Å²) in [5.41, 5.74) is 6.72. The Kier molecular flexibility index (Phi) is 12.5. The van der Waals surface area contributed by atoms with Gasteiger partial charge in [0.05, 0.1) is 12.4 Å². The number of nitrogens with two attached hydrogens (primary N) is 2. The van der Waals surface area contributed by atoms with Crippen molar-refractivity contribution < 1.29 is 74.1 Å². The molecule has 0 saturated carbocycles. The summed E-state index contributed by atoms with van der Waals surface area (Å²) >= 11 is 0. The van der Waals surface area contributed by atoms with Crippen molar-refractivity contribution in [3.63, 3.8) is 0 Å². The number of aromatic nitrogens is 1. The number of hydrogen-bond donors (Lipinski definition) is 15. The van der Waals surface area contributed by atoms with Crippen LogP contribution in [0.25, 0.3) is 22.3 Å². The molecule has 2 saturated heterocycles. The van der Waals surface area contributed by atoms with Crippen LogP contribution < -0.4 is 47.1 Å². The number of rotatable bonds is 15. The van der Waals surface area contributed by atoms with E-state index in [0.29, 0.717) is 40.6 Å². The standard InChI is InChI=1S/C47H50N6O16/c48-34-9-8-27(53-34)38(57)33(19-54)65-26-6-4-22(5-7-26)30-15-29(56)36-31(66-30)16-32(40(39(36)58)68-43(61)23-2-1-3-25(55)14-23)67-45-46(63)17-24(12-21-10-11-51-35(49)13-21)37(28-18-50-20-52-28)47(64,44(46)62)41(69-45)42(59)60/h1-10,13-17,28,33,37-38,41,43-45,50-55,57-58,61-64H,11-12,18-20,48-49H2,(H,59,60)/t28-,33-,37+,38+,41+,43-,44-,45+,46+,47+/m0/s1. The number of aromatic amines is 1. The van der Waals surface area contributed by atoms with Gasteiger partial charge >= 0.3 is 5.97 Å². The zero-order valence-corrected chi connectivity index (χ0v) is 36.4. The molecule has 3 aliphatic heterocycles. The molecule has 0 amide bonds. The molecule has 1 aliphatic carbocycles. The van der Waals surface area contributed by atoms with Gasteiger partial charge in [-0.1, -0.05) is 23.8 Å². The maximum atomic E-state index is 13.9. The van der Waals surface area contributed by atoms with E-state index in [0.717, 1.165) is 18.2 Å². The fraction of sp³-hybridized carbons (Fsp3) is 0.319. The van der Waals surface area contributed by atoms with Crippen LogP contribution >= 0.6 is 0 Å². The number of nitrogens with one attached hydrogen (secondary N) is 4. The number of aliphatic hydroxyl groups excluding tert-OH is 4. The molecule has 0 unspecified atom stereocenters. The van der Waals surface area contributed by atoms with E-state index < -0.39 is 101 Å². The number of carboxylic acids is 1. The van der Waals surface area contributed by atoms with Crippen molar-refractivity contribution in [3.8, 4) is 40.1 Å². The Morgan fingerprint density at radius 3 is 2.45 bits per heavy atom. The number of fused-ring (bicyclic) bond motifs is 3. The Bertz CT molecular complexity index is 2910. The average Bonchev–Trinajstić information content (AvgIpc) is 4.01. The van der Waals surface area contributed by atoms with E-state index in [9.17, 15) is 55.5 Å². The summed E-state index contributed by atoms with van der Waals surface area (Å²) < 4.78 is 30.0. The minimum Gasteiger partial charge on any atom is -0.508 e. The number of aliphatic hydroxyl groups is 6. The zero-order valence-electron chi connectivity index (χ0n) is 36.4. The Labute approximate surface area is 390 Å². The van der Waals surface area contributed by atoms with Crippen LogP contribution in [0, 0.1) is 5.92 Å². The monoisotopic (exact) mass is 954 g/mol. The van der Waals surface area contributed by atoms with Crippen LogP contribution in [0.5, 0.6) is 28.7 Å². The van der Waals surface area contributed by atoms with Crippen molar-refractivity contribution in [2.75, 3.05) is 32.1 Å². The van der Waals surface area contributed by atoms with Crippen molar-refractivity contribution in [1.82, 2.24) is 20.9 Å². The lowest BCUT2D eigenvalue weighted by Crippen LogP contribution is -2.79.